The third-order valence-corrected chi connectivity index (χ3v) is 3.40. The van der Waals surface area contributed by atoms with Crippen LogP contribution in [0.25, 0.3) is 5.52 Å². The normalized spacial score (nSPS) is 10.8. The second kappa shape index (κ2) is 5.01. The van der Waals surface area contributed by atoms with E-state index < -0.39 is 0 Å². The molecule has 2 heterocycles. The minimum Gasteiger partial charge on any atom is -0.378 e. The first-order valence-corrected chi connectivity index (χ1v) is 6.63. The number of pyridine rings is 1. The molecule has 0 bridgehead atoms. The van der Waals surface area contributed by atoms with Crippen LogP contribution in [-0.4, -0.2) is 9.61 Å². The number of nitrogens with one attached hydrogen (secondary N) is 1. The number of halogens is 2. The van der Waals surface area contributed by atoms with Crippen LogP contribution in [0.5, 0.6) is 0 Å². The highest BCUT2D eigenvalue weighted by molar-refractivity contribution is 9.10. The molecule has 0 unspecified atom stereocenters. The third kappa shape index (κ3) is 2.46. The zero-order chi connectivity index (χ0) is 13.2. The molecular weight excluding hydrogens is 309 g/mol. The molecule has 0 fully saturated rings. The number of benzene rings is 1. The first-order chi connectivity index (χ1) is 9.24. The molecule has 3 aromatic rings. The van der Waals surface area contributed by atoms with Crippen LogP contribution in [0.15, 0.2) is 53.3 Å². The highest BCUT2D eigenvalue weighted by Crippen LogP contribution is 2.20. The summed E-state index contributed by atoms with van der Waals surface area (Å²) in [6.07, 6.45) is 3.68. The number of anilines is 1. The van der Waals surface area contributed by atoms with Crippen LogP contribution in [-0.2, 0) is 6.54 Å². The SMILES string of the molecule is Fc1cc(Br)ccc1NCc1cnn2ccccc12. The van der Waals surface area contributed by atoms with Gasteiger partial charge in [-0.25, -0.2) is 8.91 Å². The van der Waals surface area contributed by atoms with E-state index in [1.807, 2.05) is 30.5 Å². The fourth-order valence-electron chi connectivity index (χ4n) is 1.95. The minimum absolute atomic E-state index is 0.272. The molecule has 19 heavy (non-hydrogen) atoms. The summed E-state index contributed by atoms with van der Waals surface area (Å²) in [6, 6.07) is 10.8. The fourth-order valence-corrected chi connectivity index (χ4v) is 2.28. The Kier molecular flexibility index (Phi) is 3.21. The van der Waals surface area contributed by atoms with Crippen molar-refractivity contribution < 1.29 is 4.39 Å². The Hall–Kier alpha value is -1.88. The van der Waals surface area contributed by atoms with Crippen LogP contribution in [0.2, 0.25) is 0 Å². The van der Waals surface area contributed by atoms with E-state index in [1.165, 1.54) is 6.07 Å². The van der Waals surface area contributed by atoms with Gasteiger partial charge in [0.2, 0.25) is 0 Å². The van der Waals surface area contributed by atoms with E-state index in [0.29, 0.717) is 12.2 Å². The maximum atomic E-state index is 13.7. The van der Waals surface area contributed by atoms with Crippen molar-refractivity contribution >= 4 is 27.1 Å². The molecule has 0 saturated heterocycles. The molecule has 0 atom stereocenters. The summed E-state index contributed by atoms with van der Waals surface area (Å²) in [5.41, 5.74) is 2.54. The van der Waals surface area contributed by atoms with E-state index in [0.717, 1.165) is 15.6 Å². The molecule has 96 valence electrons. The average molecular weight is 320 g/mol. The van der Waals surface area contributed by atoms with Gasteiger partial charge < -0.3 is 5.32 Å². The van der Waals surface area contributed by atoms with Gasteiger partial charge in [-0.15, -0.1) is 0 Å². The lowest BCUT2D eigenvalue weighted by Crippen LogP contribution is -2.01. The molecule has 3 rings (SSSR count). The van der Waals surface area contributed by atoms with Crippen LogP contribution >= 0.6 is 15.9 Å². The molecule has 0 aliphatic heterocycles. The molecule has 0 spiro atoms. The van der Waals surface area contributed by atoms with E-state index in [9.17, 15) is 4.39 Å². The van der Waals surface area contributed by atoms with E-state index in [2.05, 4.69) is 26.3 Å². The second-order valence-electron chi connectivity index (χ2n) is 4.18. The summed E-state index contributed by atoms with van der Waals surface area (Å²) in [5.74, 6) is -0.272. The van der Waals surface area contributed by atoms with Crippen LogP contribution in [0, 0.1) is 5.82 Å². The molecule has 3 nitrogen and oxygen atoms in total. The van der Waals surface area contributed by atoms with Crippen molar-refractivity contribution in [3.63, 3.8) is 0 Å². The largest absolute Gasteiger partial charge is 0.378 e. The molecular formula is C14H11BrFN3. The average Bonchev–Trinajstić information content (AvgIpc) is 2.81. The molecule has 1 N–H and O–H groups in total. The number of fused-ring (bicyclic) bond motifs is 1. The summed E-state index contributed by atoms with van der Waals surface area (Å²) in [6.45, 7) is 0.534. The summed E-state index contributed by atoms with van der Waals surface area (Å²) >= 11 is 3.24. The molecule has 5 heteroatoms. The van der Waals surface area contributed by atoms with Crippen LogP contribution in [0.3, 0.4) is 0 Å². The van der Waals surface area contributed by atoms with Gasteiger partial charge in [0.1, 0.15) is 5.82 Å². The van der Waals surface area contributed by atoms with E-state index in [4.69, 9.17) is 0 Å². The van der Waals surface area contributed by atoms with Crippen molar-refractivity contribution in [1.29, 1.82) is 0 Å². The zero-order valence-electron chi connectivity index (χ0n) is 9.98. The van der Waals surface area contributed by atoms with Crippen molar-refractivity contribution in [3.05, 3.63) is 64.6 Å². The maximum absolute atomic E-state index is 13.7. The van der Waals surface area contributed by atoms with Crippen LogP contribution < -0.4 is 5.32 Å². The topological polar surface area (TPSA) is 29.3 Å². The smallest absolute Gasteiger partial charge is 0.147 e. The van der Waals surface area contributed by atoms with E-state index >= 15 is 0 Å². The van der Waals surface area contributed by atoms with E-state index in [1.54, 1.807) is 16.8 Å². The van der Waals surface area contributed by atoms with Gasteiger partial charge in [-0.3, -0.25) is 0 Å². The van der Waals surface area contributed by atoms with Gasteiger partial charge >= 0.3 is 0 Å². The molecule has 2 aromatic heterocycles. The third-order valence-electron chi connectivity index (χ3n) is 2.91. The van der Waals surface area contributed by atoms with E-state index in [-0.39, 0.29) is 5.82 Å². The molecule has 0 aliphatic rings. The quantitative estimate of drug-likeness (QED) is 0.794. The van der Waals surface area contributed by atoms with Gasteiger partial charge in [-0.1, -0.05) is 22.0 Å². The van der Waals surface area contributed by atoms with Gasteiger partial charge in [0, 0.05) is 22.8 Å². The molecule has 0 aliphatic carbocycles. The summed E-state index contributed by atoms with van der Waals surface area (Å²) in [5, 5.41) is 7.33. The molecule has 0 radical (unpaired) electrons. The first kappa shape index (κ1) is 12.2. The van der Waals surface area contributed by atoms with Crippen molar-refractivity contribution in [2.45, 2.75) is 6.54 Å². The van der Waals surface area contributed by atoms with Crippen molar-refractivity contribution in [2.24, 2.45) is 0 Å². The van der Waals surface area contributed by atoms with Crippen LogP contribution in [0.4, 0.5) is 10.1 Å². The lowest BCUT2D eigenvalue weighted by molar-refractivity contribution is 0.629. The molecule has 0 saturated carbocycles. The maximum Gasteiger partial charge on any atom is 0.147 e. The fraction of sp³-hybridized carbons (Fsp3) is 0.0714. The van der Waals surface area contributed by atoms with Gasteiger partial charge in [0.15, 0.2) is 0 Å². The lowest BCUT2D eigenvalue weighted by atomic mass is 10.2. The van der Waals surface area contributed by atoms with Gasteiger partial charge in [0.05, 0.1) is 17.4 Å². The van der Waals surface area contributed by atoms with Gasteiger partial charge in [-0.05, 0) is 30.3 Å². The lowest BCUT2D eigenvalue weighted by Gasteiger charge is -2.07. The zero-order valence-corrected chi connectivity index (χ0v) is 11.6. The van der Waals surface area contributed by atoms with Crippen molar-refractivity contribution in [1.82, 2.24) is 9.61 Å². The standard InChI is InChI=1S/C14H11BrFN3/c15-11-4-5-13(12(16)7-11)17-8-10-9-18-19-6-2-1-3-14(10)19/h1-7,9,17H,8H2. The van der Waals surface area contributed by atoms with Crippen molar-refractivity contribution in [3.8, 4) is 0 Å². The number of hydrogen-bond donors (Lipinski definition) is 1. The Morgan fingerprint density at radius 1 is 1.26 bits per heavy atom. The summed E-state index contributed by atoms with van der Waals surface area (Å²) in [4.78, 5) is 0. The number of hydrogen-bond acceptors (Lipinski definition) is 2. The summed E-state index contributed by atoms with van der Waals surface area (Å²) in [7, 11) is 0. The Morgan fingerprint density at radius 3 is 3.00 bits per heavy atom. The van der Waals surface area contributed by atoms with Gasteiger partial charge in [0.25, 0.3) is 0 Å². The Balaban J connectivity index is 1.82. The van der Waals surface area contributed by atoms with Crippen molar-refractivity contribution in [2.75, 3.05) is 5.32 Å². The number of rotatable bonds is 3. The van der Waals surface area contributed by atoms with Gasteiger partial charge in [-0.2, -0.15) is 5.10 Å². The predicted octanol–water partition coefficient (Wildman–Crippen LogP) is 3.85. The Bertz CT molecular complexity index is 724. The molecule has 1 aromatic carbocycles. The number of aromatic nitrogens is 2. The Labute approximate surface area is 118 Å². The second-order valence-corrected chi connectivity index (χ2v) is 5.09. The molecule has 0 amide bonds. The Morgan fingerprint density at radius 2 is 2.16 bits per heavy atom. The van der Waals surface area contributed by atoms with Crippen LogP contribution in [0.1, 0.15) is 5.56 Å². The highest BCUT2D eigenvalue weighted by Gasteiger charge is 2.05. The highest BCUT2D eigenvalue weighted by atomic mass is 79.9. The number of nitrogens with zero attached hydrogens (tertiary/aromatic N) is 2. The summed E-state index contributed by atoms with van der Waals surface area (Å²) < 4.78 is 16.2. The monoisotopic (exact) mass is 319 g/mol. The predicted molar refractivity (Wildman–Crippen MR) is 76.6 cm³/mol. The first-order valence-electron chi connectivity index (χ1n) is 5.84. The minimum atomic E-state index is -0.272.